The van der Waals surface area contributed by atoms with Crippen LogP contribution >= 0.6 is 23.2 Å². The number of carbonyl (C=O) groups excluding carboxylic acids is 1. The molecule has 9 heteroatoms. The van der Waals surface area contributed by atoms with Gasteiger partial charge in [0.1, 0.15) is 5.82 Å². The number of ether oxygens (including phenoxy) is 3. The fourth-order valence-corrected chi connectivity index (χ4v) is 3.18. The second-order valence-corrected chi connectivity index (χ2v) is 6.74. The molecule has 0 saturated carbocycles. The minimum Gasteiger partial charge on any atom is -0.493 e. The van der Waals surface area contributed by atoms with Gasteiger partial charge in [-0.05, 0) is 23.8 Å². The first-order chi connectivity index (χ1) is 14.0. The minimum absolute atomic E-state index is 0.341. The summed E-state index contributed by atoms with van der Waals surface area (Å²) in [5.74, 6) is 1.32. The van der Waals surface area contributed by atoms with E-state index < -0.39 is 0 Å². The normalized spacial score (nSPS) is 10.5. The fraction of sp³-hybridized carbons (Fsp3) is 0.200. The van der Waals surface area contributed by atoms with Crippen molar-refractivity contribution < 1.29 is 19.0 Å². The SMILES string of the molecule is COc1cc(C(=O)Nc2ccnn2Cc2cccc(Cl)c2Cl)cc(OC)c1OC. The summed E-state index contributed by atoms with van der Waals surface area (Å²) in [4.78, 5) is 12.8. The van der Waals surface area contributed by atoms with Gasteiger partial charge in [-0.3, -0.25) is 4.79 Å². The van der Waals surface area contributed by atoms with Gasteiger partial charge in [0, 0.05) is 11.6 Å². The lowest BCUT2D eigenvalue weighted by Gasteiger charge is -2.14. The van der Waals surface area contributed by atoms with Crippen LogP contribution < -0.4 is 19.5 Å². The van der Waals surface area contributed by atoms with Gasteiger partial charge in [-0.25, -0.2) is 4.68 Å². The average molecular weight is 436 g/mol. The lowest BCUT2D eigenvalue weighted by Crippen LogP contribution is -2.16. The van der Waals surface area contributed by atoms with Gasteiger partial charge in [-0.15, -0.1) is 0 Å². The number of hydrogen-bond acceptors (Lipinski definition) is 5. The Kier molecular flexibility index (Phi) is 6.51. The zero-order chi connectivity index (χ0) is 21.0. The molecule has 0 spiro atoms. The fourth-order valence-electron chi connectivity index (χ4n) is 2.80. The topological polar surface area (TPSA) is 74.6 Å². The van der Waals surface area contributed by atoms with Crippen molar-refractivity contribution in [1.29, 1.82) is 0 Å². The van der Waals surface area contributed by atoms with Crippen molar-refractivity contribution >= 4 is 34.9 Å². The highest BCUT2D eigenvalue weighted by atomic mass is 35.5. The number of anilines is 1. The zero-order valence-corrected chi connectivity index (χ0v) is 17.5. The van der Waals surface area contributed by atoms with Gasteiger partial charge in [-0.1, -0.05) is 35.3 Å². The Bertz CT molecular complexity index is 1010. The summed E-state index contributed by atoms with van der Waals surface area (Å²) in [5.41, 5.74) is 1.12. The molecule has 1 aromatic heterocycles. The van der Waals surface area contributed by atoms with Crippen molar-refractivity contribution in [3.05, 3.63) is 63.8 Å². The smallest absolute Gasteiger partial charge is 0.257 e. The van der Waals surface area contributed by atoms with Crippen LogP contribution in [-0.4, -0.2) is 37.0 Å². The van der Waals surface area contributed by atoms with Crippen LogP contribution in [0.3, 0.4) is 0 Å². The van der Waals surface area contributed by atoms with Crippen LogP contribution in [0.15, 0.2) is 42.6 Å². The van der Waals surface area contributed by atoms with Crippen molar-refractivity contribution in [2.45, 2.75) is 6.54 Å². The molecule has 7 nitrogen and oxygen atoms in total. The number of rotatable bonds is 7. The molecular formula is C20H19Cl2N3O4. The molecule has 0 fully saturated rings. The first kappa shape index (κ1) is 20.8. The van der Waals surface area contributed by atoms with Crippen LogP contribution in [0.2, 0.25) is 10.0 Å². The third-order valence-corrected chi connectivity index (χ3v) is 5.09. The molecule has 152 valence electrons. The summed E-state index contributed by atoms with van der Waals surface area (Å²) in [6, 6.07) is 10.2. The summed E-state index contributed by atoms with van der Waals surface area (Å²) >= 11 is 12.3. The molecule has 0 aliphatic heterocycles. The molecule has 1 amide bonds. The van der Waals surface area contributed by atoms with Gasteiger partial charge in [0.2, 0.25) is 5.75 Å². The Balaban J connectivity index is 1.86. The van der Waals surface area contributed by atoms with Gasteiger partial charge in [0.25, 0.3) is 5.91 Å². The van der Waals surface area contributed by atoms with Gasteiger partial charge < -0.3 is 19.5 Å². The molecule has 1 N–H and O–H groups in total. The third kappa shape index (κ3) is 4.41. The largest absolute Gasteiger partial charge is 0.493 e. The number of benzene rings is 2. The van der Waals surface area contributed by atoms with E-state index in [2.05, 4.69) is 10.4 Å². The van der Waals surface area contributed by atoms with E-state index in [-0.39, 0.29) is 5.91 Å². The monoisotopic (exact) mass is 435 g/mol. The summed E-state index contributed by atoms with van der Waals surface area (Å²) in [5, 5.41) is 8.00. The lowest BCUT2D eigenvalue weighted by molar-refractivity contribution is 0.102. The molecule has 0 atom stereocenters. The van der Waals surface area contributed by atoms with Gasteiger partial charge in [0.05, 0.1) is 44.1 Å². The third-order valence-electron chi connectivity index (χ3n) is 4.24. The standard InChI is InChI=1S/C20H19Cl2N3O4/c1-27-15-9-13(10-16(28-2)19(15)29-3)20(26)24-17-7-8-23-25(17)11-12-5-4-6-14(21)18(12)22/h4-10H,11H2,1-3H3,(H,24,26). The maximum atomic E-state index is 12.8. The molecular weight excluding hydrogens is 417 g/mol. The molecule has 29 heavy (non-hydrogen) atoms. The number of amides is 1. The lowest BCUT2D eigenvalue weighted by atomic mass is 10.1. The van der Waals surface area contributed by atoms with Crippen molar-refractivity contribution in [1.82, 2.24) is 9.78 Å². The molecule has 3 aromatic rings. The van der Waals surface area contributed by atoms with Crippen LogP contribution in [-0.2, 0) is 6.54 Å². The van der Waals surface area contributed by atoms with E-state index in [0.717, 1.165) is 5.56 Å². The highest BCUT2D eigenvalue weighted by Crippen LogP contribution is 2.38. The van der Waals surface area contributed by atoms with E-state index in [1.165, 1.54) is 21.3 Å². The summed E-state index contributed by atoms with van der Waals surface area (Å²) in [6.45, 7) is 0.345. The number of methoxy groups -OCH3 is 3. The van der Waals surface area contributed by atoms with E-state index in [1.807, 2.05) is 6.07 Å². The van der Waals surface area contributed by atoms with E-state index >= 15 is 0 Å². The number of hydrogen-bond donors (Lipinski definition) is 1. The molecule has 0 radical (unpaired) electrons. The van der Waals surface area contributed by atoms with Gasteiger partial charge in [0.15, 0.2) is 11.5 Å². The Labute approximate surface area is 178 Å². The first-order valence-corrected chi connectivity index (χ1v) is 9.30. The van der Waals surface area contributed by atoms with Gasteiger partial charge >= 0.3 is 0 Å². The van der Waals surface area contributed by atoms with Crippen LogP contribution in [0.4, 0.5) is 5.82 Å². The Morgan fingerprint density at radius 1 is 1.07 bits per heavy atom. The highest BCUT2D eigenvalue weighted by molar-refractivity contribution is 6.42. The second kappa shape index (κ2) is 9.07. The van der Waals surface area contributed by atoms with Crippen molar-refractivity contribution in [2.75, 3.05) is 26.6 Å². The Morgan fingerprint density at radius 2 is 1.76 bits per heavy atom. The number of carbonyl (C=O) groups is 1. The molecule has 0 saturated heterocycles. The van der Waals surface area contributed by atoms with Crippen LogP contribution in [0.1, 0.15) is 15.9 Å². The number of aromatic nitrogens is 2. The van der Waals surface area contributed by atoms with E-state index in [9.17, 15) is 4.79 Å². The molecule has 0 unspecified atom stereocenters. The Hall–Kier alpha value is -2.90. The van der Waals surface area contributed by atoms with Crippen molar-refractivity contribution in [3.63, 3.8) is 0 Å². The molecule has 1 heterocycles. The van der Waals surface area contributed by atoms with Crippen LogP contribution in [0, 0.1) is 0 Å². The number of nitrogens with one attached hydrogen (secondary N) is 1. The predicted molar refractivity (Wildman–Crippen MR) is 112 cm³/mol. The maximum Gasteiger partial charge on any atom is 0.257 e. The number of halogens is 2. The maximum absolute atomic E-state index is 12.8. The van der Waals surface area contributed by atoms with E-state index in [4.69, 9.17) is 37.4 Å². The quantitative estimate of drug-likeness (QED) is 0.590. The minimum atomic E-state index is -0.358. The highest BCUT2D eigenvalue weighted by Gasteiger charge is 2.18. The Morgan fingerprint density at radius 3 is 2.38 bits per heavy atom. The number of nitrogens with zero attached hydrogens (tertiary/aromatic N) is 2. The van der Waals surface area contributed by atoms with Crippen LogP contribution in [0.25, 0.3) is 0 Å². The first-order valence-electron chi connectivity index (χ1n) is 8.54. The summed E-state index contributed by atoms with van der Waals surface area (Å²) in [7, 11) is 4.48. The van der Waals surface area contributed by atoms with Crippen molar-refractivity contribution in [3.8, 4) is 17.2 Å². The molecule has 0 aliphatic rings. The van der Waals surface area contributed by atoms with Crippen LogP contribution in [0.5, 0.6) is 17.2 Å². The van der Waals surface area contributed by atoms with E-state index in [0.29, 0.717) is 45.2 Å². The second-order valence-electron chi connectivity index (χ2n) is 5.96. The molecule has 0 bridgehead atoms. The molecule has 0 aliphatic carbocycles. The van der Waals surface area contributed by atoms with E-state index in [1.54, 1.807) is 41.2 Å². The summed E-state index contributed by atoms with van der Waals surface area (Å²) in [6.07, 6.45) is 1.59. The summed E-state index contributed by atoms with van der Waals surface area (Å²) < 4.78 is 17.5. The average Bonchev–Trinajstić information content (AvgIpc) is 3.16. The van der Waals surface area contributed by atoms with Gasteiger partial charge in [-0.2, -0.15) is 5.10 Å². The zero-order valence-electron chi connectivity index (χ0n) is 16.0. The predicted octanol–water partition coefficient (Wildman–Crippen LogP) is 4.52. The molecule has 3 rings (SSSR count). The van der Waals surface area contributed by atoms with Crippen molar-refractivity contribution in [2.24, 2.45) is 0 Å². The molecule has 2 aromatic carbocycles.